The van der Waals surface area contributed by atoms with E-state index in [-0.39, 0.29) is 0 Å². The summed E-state index contributed by atoms with van der Waals surface area (Å²) in [5, 5.41) is 7.47. The van der Waals surface area contributed by atoms with E-state index in [1.807, 2.05) is 0 Å². The van der Waals surface area contributed by atoms with Gasteiger partial charge in [-0.1, -0.05) is 18.2 Å². The number of esters is 1. The molecule has 3 N–H and O–H groups in total. The quantitative estimate of drug-likeness (QED) is 0.781. The van der Waals surface area contributed by atoms with Crippen LogP contribution in [0.1, 0.15) is 17.3 Å². The van der Waals surface area contributed by atoms with Crippen LogP contribution in [0.15, 0.2) is 53.4 Å². The number of benzene rings is 2. The number of carbonyl (C=O) groups excluding carboxylic acids is 2. The maximum atomic E-state index is 13.8. The number of ether oxygens (including phenoxy) is 1. The second-order valence-electron chi connectivity index (χ2n) is 5.09. The summed E-state index contributed by atoms with van der Waals surface area (Å²) in [5.41, 5.74) is -0.135. The minimum Gasteiger partial charge on any atom is -0.449 e. The monoisotopic (exact) mass is 366 g/mol. The van der Waals surface area contributed by atoms with Crippen molar-refractivity contribution in [2.75, 3.05) is 5.32 Å². The van der Waals surface area contributed by atoms with Crippen molar-refractivity contribution < 1.29 is 27.1 Å². The third-order valence-electron chi connectivity index (χ3n) is 3.18. The molecule has 0 heterocycles. The number of nitrogens with one attached hydrogen (secondary N) is 1. The summed E-state index contributed by atoms with van der Waals surface area (Å²) in [5.74, 6) is -2.80. The van der Waals surface area contributed by atoms with Gasteiger partial charge in [-0.15, -0.1) is 0 Å². The first kappa shape index (κ1) is 18.6. The molecular formula is C16H15FN2O5S. The Bertz CT molecular complexity index is 900. The van der Waals surface area contributed by atoms with Crippen molar-refractivity contribution in [2.45, 2.75) is 17.9 Å². The standard InChI is InChI=1S/C16H15FN2O5S/c1-10(15(20)19-11-5-3-2-4-6-11)24-16(21)13-9-12(25(18,22)23)7-8-14(13)17/h2-10H,1H3,(H,19,20)(H2,18,22,23)/t10-/m1/s1. The Labute approximate surface area is 143 Å². The molecule has 0 saturated carbocycles. The molecule has 7 nitrogen and oxygen atoms in total. The summed E-state index contributed by atoms with van der Waals surface area (Å²) < 4.78 is 41.2. The summed E-state index contributed by atoms with van der Waals surface area (Å²) in [7, 11) is -4.11. The Kier molecular flexibility index (Phi) is 5.50. The highest BCUT2D eigenvalue weighted by atomic mass is 32.2. The molecule has 0 bridgehead atoms. The average molecular weight is 366 g/mol. The molecule has 0 radical (unpaired) electrons. The number of rotatable bonds is 5. The lowest BCUT2D eigenvalue weighted by molar-refractivity contribution is -0.123. The SMILES string of the molecule is C[C@@H](OC(=O)c1cc(S(N)(=O)=O)ccc1F)C(=O)Nc1ccccc1. The first-order valence-corrected chi connectivity index (χ1v) is 8.62. The fraction of sp³-hybridized carbons (Fsp3) is 0.125. The first-order chi connectivity index (χ1) is 11.7. The van der Waals surface area contributed by atoms with Gasteiger partial charge in [0.25, 0.3) is 5.91 Å². The van der Waals surface area contributed by atoms with Crippen LogP contribution in [0.4, 0.5) is 10.1 Å². The fourth-order valence-electron chi connectivity index (χ4n) is 1.88. The zero-order valence-corrected chi connectivity index (χ0v) is 13.9. The topological polar surface area (TPSA) is 116 Å². The van der Waals surface area contributed by atoms with Crippen molar-refractivity contribution in [1.82, 2.24) is 0 Å². The highest BCUT2D eigenvalue weighted by molar-refractivity contribution is 7.89. The lowest BCUT2D eigenvalue weighted by Gasteiger charge is -2.14. The Morgan fingerprint density at radius 1 is 1.16 bits per heavy atom. The van der Waals surface area contributed by atoms with E-state index in [9.17, 15) is 22.4 Å². The molecule has 1 amide bonds. The summed E-state index contributed by atoms with van der Waals surface area (Å²) in [4.78, 5) is 23.6. The largest absolute Gasteiger partial charge is 0.449 e. The van der Waals surface area contributed by atoms with E-state index in [1.54, 1.807) is 30.3 Å². The maximum Gasteiger partial charge on any atom is 0.341 e. The van der Waals surface area contributed by atoms with Gasteiger partial charge in [0.2, 0.25) is 10.0 Å². The lowest BCUT2D eigenvalue weighted by atomic mass is 10.2. The van der Waals surface area contributed by atoms with Crippen LogP contribution in [0.25, 0.3) is 0 Å². The molecule has 0 aliphatic heterocycles. The van der Waals surface area contributed by atoms with Crippen molar-refractivity contribution in [3.63, 3.8) is 0 Å². The van der Waals surface area contributed by atoms with Crippen LogP contribution in [-0.4, -0.2) is 26.4 Å². The Morgan fingerprint density at radius 2 is 1.80 bits per heavy atom. The number of primary sulfonamides is 1. The van der Waals surface area contributed by atoms with Crippen LogP contribution >= 0.6 is 0 Å². The predicted molar refractivity (Wildman–Crippen MR) is 87.7 cm³/mol. The number of anilines is 1. The number of para-hydroxylation sites is 1. The third kappa shape index (κ3) is 4.85. The Hall–Kier alpha value is -2.78. The Balaban J connectivity index is 2.12. The van der Waals surface area contributed by atoms with Gasteiger partial charge in [-0.05, 0) is 37.3 Å². The van der Waals surface area contributed by atoms with Crippen molar-refractivity contribution >= 4 is 27.6 Å². The smallest absolute Gasteiger partial charge is 0.341 e. The van der Waals surface area contributed by atoms with E-state index in [0.717, 1.165) is 18.2 Å². The van der Waals surface area contributed by atoms with Gasteiger partial charge in [0, 0.05) is 5.69 Å². The van der Waals surface area contributed by atoms with E-state index in [4.69, 9.17) is 9.88 Å². The number of hydrogen-bond donors (Lipinski definition) is 2. The molecule has 2 aromatic rings. The second kappa shape index (κ2) is 7.41. The molecule has 132 valence electrons. The maximum absolute atomic E-state index is 13.8. The minimum absolute atomic E-state index is 0.442. The number of halogens is 1. The molecule has 2 rings (SSSR count). The lowest BCUT2D eigenvalue weighted by Crippen LogP contribution is -2.30. The average Bonchev–Trinajstić information content (AvgIpc) is 2.54. The number of nitrogens with two attached hydrogens (primary N) is 1. The van der Waals surface area contributed by atoms with Gasteiger partial charge >= 0.3 is 5.97 Å². The van der Waals surface area contributed by atoms with E-state index in [1.165, 1.54) is 6.92 Å². The number of carbonyl (C=O) groups is 2. The molecule has 0 fully saturated rings. The molecule has 2 aromatic carbocycles. The molecular weight excluding hydrogens is 351 g/mol. The molecule has 25 heavy (non-hydrogen) atoms. The zero-order chi connectivity index (χ0) is 18.6. The second-order valence-corrected chi connectivity index (χ2v) is 6.65. The van der Waals surface area contributed by atoms with E-state index >= 15 is 0 Å². The number of sulfonamides is 1. The van der Waals surface area contributed by atoms with Crippen LogP contribution in [0.2, 0.25) is 0 Å². The van der Waals surface area contributed by atoms with E-state index in [2.05, 4.69) is 5.32 Å². The zero-order valence-electron chi connectivity index (χ0n) is 13.1. The minimum atomic E-state index is -4.11. The van der Waals surface area contributed by atoms with Gasteiger partial charge in [-0.2, -0.15) is 0 Å². The van der Waals surface area contributed by atoms with Gasteiger partial charge in [-0.3, -0.25) is 4.79 Å². The van der Waals surface area contributed by atoms with Gasteiger partial charge in [0.15, 0.2) is 6.10 Å². The third-order valence-corrected chi connectivity index (χ3v) is 4.09. The highest BCUT2D eigenvalue weighted by Gasteiger charge is 2.23. The van der Waals surface area contributed by atoms with Crippen LogP contribution in [0, 0.1) is 5.82 Å². The molecule has 9 heteroatoms. The number of amides is 1. The molecule has 0 saturated heterocycles. The Morgan fingerprint density at radius 3 is 2.40 bits per heavy atom. The molecule has 0 unspecified atom stereocenters. The normalized spacial score (nSPS) is 12.3. The van der Waals surface area contributed by atoms with E-state index < -0.39 is 44.3 Å². The van der Waals surface area contributed by atoms with Crippen molar-refractivity contribution in [2.24, 2.45) is 5.14 Å². The molecule has 1 atom stereocenters. The van der Waals surface area contributed by atoms with Gasteiger partial charge < -0.3 is 10.1 Å². The van der Waals surface area contributed by atoms with Crippen molar-refractivity contribution in [3.05, 3.63) is 59.9 Å². The van der Waals surface area contributed by atoms with Crippen LogP contribution in [0.5, 0.6) is 0 Å². The van der Waals surface area contributed by atoms with Gasteiger partial charge in [-0.25, -0.2) is 22.7 Å². The van der Waals surface area contributed by atoms with E-state index in [0.29, 0.717) is 5.69 Å². The molecule has 0 spiro atoms. The molecule has 0 aromatic heterocycles. The molecule has 0 aliphatic carbocycles. The highest BCUT2D eigenvalue weighted by Crippen LogP contribution is 2.16. The van der Waals surface area contributed by atoms with Crippen LogP contribution in [0.3, 0.4) is 0 Å². The fourth-order valence-corrected chi connectivity index (χ4v) is 2.42. The van der Waals surface area contributed by atoms with Crippen LogP contribution < -0.4 is 10.5 Å². The van der Waals surface area contributed by atoms with Gasteiger partial charge in [0.05, 0.1) is 10.5 Å². The first-order valence-electron chi connectivity index (χ1n) is 7.07. The van der Waals surface area contributed by atoms with Gasteiger partial charge in [0.1, 0.15) is 5.82 Å². The van der Waals surface area contributed by atoms with Crippen molar-refractivity contribution in [3.8, 4) is 0 Å². The summed E-state index contributed by atoms with van der Waals surface area (Å²) in [6.07, 6.45) is -1.23. The number of hydrogen-bond acceptors (Lipinski definition) is 5. The van der Waals surface area contributed by atoms with Crippen LogP contribution in [-0.2, 0) is 19.6 Å². The predicted octanol–water partition coefficient (Wildman–Crippen LogP) is 1.66. The summed E-state index contributed by atoms with van der Waals surface area (Å²) >= 11 is 0. The molecule has 0 aliphatic rings. The summed E-state index contributed by atoms with van der Waals surface area (Å²) in [6, 6.07) is 10.9. The summed E-state index contributed by atoms with van der Waals surface area (Å²) in [6.45, 7) is 1.30. The van der Waals surface area contributed by atoms with Crippen molar-refractivity contribution in [1.29, 1.82) is 0 Å².